The fraction of sp³-hybridized carbons (Fsp3) is 0.267. The fourth-order valence-electron chi connectivity index (χ4n) is 2.46. The van der Waals surface area contributed by atoms with Gasteiger partial charge in [-0.1, -0.05) is 42.5 Å². The summed E-state index contributed by atoms with van der Waals surface area (Å²) >= 11 is 0. The van der Waals surface area contributed by atoms with Crippen LogP contribution < -0.4 is 10.6 Å². The van der Waals surface area contributed by atoms with E-state index in [2.05, 4.69) is 47.0 Å². The minimum Gasteiger partial charge on any atom is -0.351 e. The maximum absolute atomic E-state index is 11.3. The summed E-state index contributed by atoms with van der Waals surface area (Å²) in [6, 6.07) is 15.0. The maximum atomic E-state index is 11.3. The van der Waals surface area contributed by atoms with Crippen molar-refractivity contribution in [3.8, 4) is 0 Å². The van der Waals surface area contributed by atoms with Crippen LogP contribution in [0.4, 0.5) is 0 Å². The molecule has 2 aromatic rings. The number of fused-ring (bicyclic) bond motifs is 1. The SMILES string of the molecule is O=C1CNCC(Cc2ccc3ccccc3c2)N1. The highest BCUT2D eigenvalue weighted by Gasteiger charge is 2.17. The predicted molar refractivity (Wildman–Crippen MR) is 72.5 cm³/mol. The highest BCUT2D eigenvalue weighted by Crippen LogP contribution is 2.16. The number of carbonyl (C=O) groups is 1. The number of hydrogen-bond donors (Lipinski definition) is 2. The summed E-state index contributed by atoms with van der Waals surface area (Å²) in [6.45, 7) is 1.28. The maximum Gasteiger partial charge on any atom is 0.234 e. The zero-order chi connectivity index (χ0) is 12.4. The molecule has 2 N–H and O–H groups in total. The number of nitrogens with one attached hydrogen (secondary N) is 2. The van der Waals surface area contributed by atoms with Gasteiger partial charge in [0.05, 0.1) is 6.54 Å². The first-order chi connectivity index (χ1) is 8.81. The molecule has 18 heavy (non-hydrogen) atoms. The lowest BCUT2D eigenvalue weighted by Crippen LogP contribution is -2.52. The van der Waals surface area contributed by atoms with Gasteiger partial charge < -0.3 is 10.6 Å². The Morgan fingerprint density at radius 1 is 1.11 bits per heavy atom. The van der Waals surface area contributed by atoms with Crippen LogP contribution >= 0.6 is 0 Å². The number of hydrogen-bond acceptors (Lipinski definition) is 2. The average molecular weight is 240 g/mol. The third kappa shape index (κ3) is 2.36. The molecule has 1 unspecified atom stereocenters. The molecule has 1 heterocycles. The Morgan fingerprint density at radius 2 is 1.94 bits per heavy atom. The van der Waals surface area contributed by atoms with Crippen LogP contribution in [0.2, 0.25) is 0 Å². The Bertz CT molecular complexity index is 579. The van der Waals surface area contributed by atoms with Gasteiger partial charge in [-0.15, -0.1) is 0 Å². The third-order valence-corrected chi connectivity index (χ3v) is 3.34. The Balaban J connectivity index is 1.79. The van der Waals surface area contributed by atoms with Crippen molar-refractivity contribution in [1.82, 2.24) is 10.6 Å². The highest BCUT2D eigenvalue weighted by atomic mass is 16.2. The van der Waals surface area contributed by atoms with Crippen molar-refractivity contribution in [3.63, 3.8) is 0 Å². The first kappa shape index (κ1) is 11.2. The van der Waals surface area contributed by atoms with E-state index in [9.17, 15) is 4.79 Å². The van der Waals surface area contributed by atoms with E-state index in [0.717, 1.165) is 13.0 Å². The molecule has 1 aliphatic heterocycles. The van der Waals surface area contributed by atoms with Crippen LogP contribution in [-0.4, -0.2) is 25.0 Å². The van der Waals surface area contributed by atoms with Gasteiger partial charge in [-0.3, -0.25) is 4.79 Å². The lowest BCUT2D eigenvalue weighted by molar-refractivity contribution is -0.122. The van der Waals surface area contributed by atoms with Crippen molar-refractivity contribution in [2.75, 3.05) is 13.1 Å². The molecule has 1 aliphatic rings. The van der Waals surface area contributed by atoms with Gasteiger partial charge in [-0.25, -0.2) is 0 Å². The molecule has 0 saturated carbocycles. The summed E-state index contributed by atoms with van der Waals surface area (Å²) < 4.78 is 0. The molecule has 92 valence electrons. The summed E-state index contributed by atoms with van der Waals surface area (Å²) in [4.78, 5) is 11.3. The number of carbonyl (C=O) groups excluding carboxylic acids is 1. The summed E-state index contributed by atoms with van der Waals surface area (Å²) in [6.07, 6.45) is 0.879. The molecule has 0 radical (unpaired) electrons. The van der Waals surface area contributed by atoms with Crippen LogP contribution in [0, 0.1) is 0 Å². The van der Waals surface area contributed by atoms with Crippen LogP contribution in [0.25, 0.3) is 10.8 Å². The number of benzene rings is 2. The lowest BCUT2D eigenvalue weighted by atomic mass is 10.0. The number of rotatable bonds is 2. The van der Waals surface area contributed by atoms with Crippen LogP contribution in [0.3, 0.4) is 0 Å². The van der Waals surface area contributed by atoms with E-state index < -0.39 is 0 Å². The molecule has 0 spiro atoms. The molecule has 3 heteroatoms. The zero-order valence-electron chi connectivity index (χ0n) is 10.1. The van der Waals surface area contributed by atoms with Crippen molar-refractivity contribution in [3.05, 3.63) is 48.0 Å². The topological polar surface area (TPSA) is 41.1 Å². The third-order valence-electron chi connectivity index (χ3n) is 3.34. The predicted octanol–water partition coefficient (Wildman–Crippen LogP) is 1.47. The average Bonchev–Trinajstić information content (AvgIpc) is 2.39. The van der Waals surface area contributed by atoms with Gasteiger partial charge in [-0.05, 0) is 22.8 Å². The van der Waals surface area contributed by atoms with Gasteiger partial charge in [0.15, 0.2) is 0 Å². The zero-order valence-corrected chi connectivity index (χ0v) is 10.1. The van der Waals surface area contributed by atoms with E-state index in [0.29, 0.717) is 6.54 Å². The molecule has 3 nitrogen and oxygen atoms in total. The van der Waals surface area contributed by atoms with Crippen LogP contribution in [0.15, 0.2) is 42.5 Å². The molecule has 1 fully saturated rings. The van der Waals surface area contributed by atoms with Crippen LogP contribution in [0.5, 0.6) is 0 Å². The molecule has 2 aromatic carbocycles. The standard InChI is InChI=1S/C15H16N2O/c18-15-10-16-9-14(17-15)8-11-5-6-12-3-1-2-4-13(12)7-11/h1-7,14,16H,8-10H2,(H,17,18). The first-order valence-electron chi connectivity index (χ1n) is 6.29. The minimum absolute atomic E-state index is 0.0899. The van der Waals surface area contributed by atoms with Gasteiger partial charge in [-0.2, -0.15) is 0 Å². The van der Waals surface area contributed by atoms with Gasteiger partial charge in [0.2, 0.25) is 5.91 Å². The van der Waals surface area contributed by atoms with E-state index >= 15 is 0 Å². The van der Waals surface area contributed by atoms with Gasteiger partial charge in [0, 0.05) is 12.6 Å². The van der Waals surface area contributed by atoms with Gasteiger partial charge in [0.1, 0.15) is 0 Å². The van der Waals surface area contributed by atoms with E-state index in [1.54, 1.807) is 0 Å². The van der Waals surface area contributed by atoms with E-state index in [-0.39, 0.29) is 11.9 Å². The summed E-state index contributed by atoms with van der Waals surface area (Å²) in [5.41, 5.74) is 1.27. The normalized spacial score (nSPS) is 19.8. The van der Waals surface area contributed by atoms with Crippen molar-refractivity contribution < 1.29 is 4.79 Å². The van der Waals surface area contributed by atoms with Crippen molar-refractivity contribution >= 4 is 16.7 Å². The Morgan fingerprint density at radius 3 is 2.78 bits per heavy atom. The van der Waals surface area contributed by atoms with E-state index in [1.165, 1.54) is 16.3 Å². The number of piperazine rings is 1. The lowest BCUT2D eigenvalue weighted by Gasteiger charge is -2.24. The Kier molecular flexibility index (Phi) is 2.99. The monoisotopic (exact) mass is 240 g/mol. The first-order valence-corrected chi connectivity index (χ1v) is 6.29. The molecule has 1 atom stereocenters. The summed E-state index contributed by atoms with van der Waals surface area (Å²) in [7, 11) is 0. The van der Waals surface area contributed by atoms with Crippen LogP contribution in [-0.2, 0) is 11.2 Å². The number of amides is 1. The molecular weight excluding hydrogens is 224 g/mol. The second kappa shape index (κ2) is 4.78. The van der Waals surface area contributed by atoms with Crippen molar-refractivity contribution in [2.24, 2.45) is 0 Å². The van der Waals surface area contributed by atoms with Crippen molar-refractivity contribution in [1.29, 1.82) is 0 Å². The molecule has 0 aliphatic carbocycles. The van der Waals surface area contributed by atoms with E-state index in [4.69, 9.17) is 0 Å². The fourth-order valence-corrected chi connectivity index (χ4v) is 2.46. The van der Waals surface area contributed by atoms with Gasteiger partial charge in [0.25, 0.3) is 0 Å². The Hall–Kier alpha value is -1.87. The summed E-state index contributed by atoms with van der Waals surface area (Å²) in [5, 5.41) is 8.65. The molecule has 1 amide bonds. The van der Waals surface area contributed by atoms with Crippen LogP contribution in [0.1, 0.15) is 5.56 Å². The molecule has 1 saturated heterocycles. The van der Waals surface area contributed by atoms with Gasteiger partial charge >= 0.3 is 0 Å². The largest absolute Gasteiger partial charge is 0.351 e. The second-order valence-electron chi connectivity index (χ2n) is 4.78. The Labute approximate surface area is 106 Å². The molecular formula is C15H16N2O. The second-order valence-corrected chi connectivity index (χ2v) is 4.78. The quantitative estimate of drug-likeness (QED) is 0.834. The highest BCUT2D eigenvalue weighted by molar-refractivity contribution is 5.83. The molecule has 3 rings (SSSR count). The van der Waals surface area contributed by atoms with Crippen molar-refractivity contribution in [2.45, 2.75) is 12.5 Å². The minimum atomic E-state index is 0.0899. The molecule has 0 aromatic heterocycles. The van der Waals surface area contributed by atoms with E-state index in [1.807, 2.05) is 6.07 Å². The molecule has 0 bridgehead atoms. The summed E-state index contributed by atoms with van der Waals surface area (Å²) in [5.74, 6) is 0.0899. The smallest absolute Gasteiger partial charge is 0.234 e.